The molecule has 1 aliphatic heterocycles. The third-order valence-electron chi connectivity index (χ3n) is 4.92. The molecule has 0 radical (unpaired) electrons. The van der Waals surface area contributed by atoms with Gasteiger partial charge in [0, 0.05) is 16.5 Å². The Morgan fingerprint density at radius 3 is 2.45 bits per heavy atom. The van der Waals surface area contributed by atoms with E-state index in [1.54, 1.807) is 31.2 Å². The Labute approximate surface area is 186 Å². The normalized spacial score (nSPS) is 14.6. The maximum atomic E-state index is 13.5. The number of benzene rings is 2. The Kier molecular flexibility index (Phi) is 6.66. The second-order valence-electron chi connectivity index (χ2n) is 6.66. The molecule has 0 saturated heterocycles. The molecule has 3 rings (SSSR count). The lowest BCUT2D eigenvalue weighted by atomic mass is 10.0. The molecule has 0 unspecified atom stereocenters. The van der Waals surface area contributed by atoms with Gasteiger partial charge in [0.1, 0.15) is 0 Å². The van der Waals surface area contributed by atoms with Gasteiger partial charge in [0.25, 0.3) is 15.9 Å². The summed E-state index contributed by atoms with van der Waals surface area (Å²) in [7, 11) is -1.17. The minimum absolute atomic E-state index is 0.00370. The molecule has 0 aliphatic carbocycles. The second kappa shape index (κ2) is 9.07. The summed E-state index contributed by atoms with van der Waals surface area (Å²) in [6, 6.07) is 10.5. The van der Waals surface area contributed by atoms with E-state index in [9.17, 15) is 13.2 Å². The third kappa shape index (κ3) is 4.03. The van der Waals surface area contributed by atoms with Crippen molar-refractivity contribution in [2.45, 2.75) is 11.8 Å². The standard InChI is InChI=1S/C22H24N2O5S2/c1-6-11-24-17-13-19(29-4)18(28-3)12-15(17)14(2)21(31(24,26)27)22(25)23-16-9-7-8-10-20(16)30-5/h6-10,12-13H,1,11H2,2-5H3,(H,23,25). The number of hydrogen-bond acceptors (Lipinski definition) is 6. The van der Waals surface area contributed by atoms with Crippen LogP contribution in [0, 0.1) is 0 Å². The number of sulfonamides is 1. The lowest BCUT2D eigenvalue weighted by Crippen LogP contribution is -2.39. The molecule has 1 aliphatic rings. The van der Waals surface area contributed by atoms with Gasteiger partial charge in [-0.3, -0.25) is 9.10 Å². The van der Waals surface area contributed by atoms with Crippen molar-refractivity contribution in [2.24, 2.45) is 0 Å². The van der Waals surface area contributed by atoms with Gasteiger partial charge in [-0.2, -0.15) is 0 Å². The van der Waals surface area contributed by atoms with Crippen LogP contribution in [0.3, 0.4) is 0 Å². The van der Waals surface area contributed by atoms with Crippen molar-refractivity contribution in [2.75, 3.05) is 36.6 Å². The summed E-state index contributed by atoms with van der Waals surface area (Å²) in [4.78, 5) is 13.7. The van der Waals surface area contributed by atoms with Crippen LogP contribution in [-0.4, -0.2) is 41.3 Å². The van der Waals surface area contributed by atoms with Crippen LogP contribution in [0.4, 0.5) is 11.4 Å². The van der Waals surface area contributed by atoms with Crippen molar-refractivity contribution in [3.05, 3.63) is 59.5 Å². The van der Waals surface area contributed by atoms with Crippen LogP contribution < -0.4 is 19.1 Å². The minimum atomic E-state index is -4.15. The number of carbonyl (C=O) groups is 1. The SMILES string of the molecule is C=CCN1c2cc(OC)c(OC)cc2C(C)=C(C(=O)Nc2ccccc2SC)S1(=O)=O. The molecule has 7 nitrogen and oxygen atoms in total. The third-order valence-corrected chi connectivity index (χ3v) is 7.65. The first-order valence-corrected chi connectivity index (χ1v) is 12.0. The largest absolute Gasteiger partial charge is 0.493 e. The summed E-state index contributed by atoms with van der Waals surface area (Å²) in [6.45, 7) is 5.28. The van der Waals surface area contributed by atoms with Crippen LogP contribution in [0.25, 0.3) is 5.57 Å². The van der Waals surface area contributed by atoms with Gasteiger partial charge in [-0.15, -0.1) is 18.3 Å². The van der Waals surface area contributed by atoms with Crippen LogP contribution in [0.1, 0.15) is 12.5 Å². The first kappa shape index (κ1) is 22.8. The highest BCUT2D eigenvalue weighted by atomic mass is 32.2. The van der Waals surface area contributed by atoms with E-state index >= 15 is 0 Å². The molecule has 0 spiro atoms. The van der Waals surface area contributed by atoms with Crippen LogP contribution in [0.2, 0.25) is 0 Å². The Hall–Kier alpha value is -2.91. The summed E-state index contributed by atoms with van der Waals surface area (Å²) in [5.41, 5.74) is 1.84. The zero-order valence-electron chi connectivity index (χ0n) is 17.8. The average molecular weight is 461 g/mol. The number of anilines is 2. The number of carbonyl (C=O) groups excluding carboxylic acids is 1. The maximum absolute atomic E-state index is 13.5. The molecule has 31 heavy (non-hydrogen) atoms. The Morgan fingerprint density at radius 2 is 1.84 bits per heavy atom. The van der Waals surface area contributed by atoms with E-state index in [0.29, 0.717) is 34.0 Å². The van der Waals surface area contributed by atoms with E-state index in [0.717, 1.165) is 9.20 Å². The second-order valence-corrected chi connectivity index (χ2v) is 9.30. The number of amides is 1. The van der Waals surface area contributed by atoms with Crippen molar-refractivity contribution in [3.63, 3.8) is 0 Å². The van der Waals surface area contributed by atoms with E-state index in [1.807, 2.05) is 18.4 Å². The zero-order valence-corrected chi connectivity index (χ0v) is 19.4. The average Bonchev–Trinajstić information content (AvgIpc) is 2.75. The van der Waals surface area contributed by atoms with Crippen molar-refractivity contribution in [1.29, 1.82) is 0 Å². The fraction of sp³-hybridized carbons (Fsp3) is 0.227. The quantitative estimate of drug-likeness (QED) is 0.494. The molecule has 9 heteroatoms. The topological polar surface area (TPSA) is 84.9 Å². The molecule has 0 fully saturated rings. The molecule has 2 aromatic rings. The van der Waals surface area contributed by atoms with Crippen LogP contribution >= 0.6 is 11.8 Å². The Bertz CT molecular complexity index is 1170. The van der Waals surface area contributed by atoms with Gasteiger partial charge in [0.15, 0.2) is 16.4 Å². The number of nitrogens with zero attached hydrogens (tertiary/aromatic N) is 1. The smallest absolute Gasteiger partial charge is 0.270 e. The predicted molar refractivity (Wildman–Crippen MR) is 125 cm³/mol. The number of fused-ring (bicyclic) bond motifs is 1. The van der Waals surface area contributed by atoms with Crippen molar-refractivity contribution >= 4 is 44.6 Å². The summed E-state index contributed by atoms with van der Waals surface area (Å²) in [5, 5.41) is 2.76. The lowest BCUT2D eigenvalue weighted by Gasteiger charge is -2.32. The maximum Gasteiger partial charge on any atom is 0.270 e. The number of methoxy groups -OCH3 is 2. The summed E-state index contributed by atoms with van der Waals surface area (Å²) in [5.74, 6) is 0.125. The number of rotatable bonds is 7. The first-order valence-electron chi connectivity index (χ1n) is 9.35. The van der Waals surface area contributed by atoms with Crippen molar-refractivity contribution in [1.82, 2.24) is 0 Å². The summed E-state index contributed by atoms with van der Waals surface area (Å²) in [6.07, 6.45) is 3.35. The fourth-order valence-electron chi connectivity index (χ4n) is 3.46. The van der Waals surface area contributed by atoms with E-state index < -0.39 is 15.9 Å². The molecule has 1 N–H and O–H groups in total. The minimum Gasteiger partial charge on any atom is -0.493 e. The highest BCUT2D eigenvalue weighted by molar-refractivity contribution is 7.98. The van der Waals surface area contributed by atoms with Crippen LogP contribution in [-0.2, 0) is 14.8 Å². The van der Waals surface area contributed by atoms with Gasteiger partial charge in [0.05, 0.1) is 32.1 Å². The van der Waals surface area contributed by atoms with Crippen LogP contribution in [0.15, 0.2) is 58.9 Å². The van der Waals surface area contributed by atoms with Gasteiger partial charge in [-0.25, -0.2) is 8.42 Å². The van der Waals surface area contributed by atoms with E-state index in [1.165, 1.54) is 32.1 Å². The van der Waals surface area contributed by atoms with Crippen molar-refractivity contribution < 1.29 is 22.7 Å². The summed E-state index contributed by atoms with van der Waals surface area (Å²) >= 11 is 1.46. The van der Waals surface area contributed by atoms with E-state index in [-0.39, 0.29) is 11.4 Å². The fourth-order valence-corrected chi connectivity index (χ4v) is 5.73. The number of ether oxygens (including phenoxy) is 2. The molecule has 1 amide bonds. The molecule has 0 aromatic heterocycles. The zero-order chi connectivity index (χ0) is 22.8. The monoisotopic (exact) mass is 460 g/mol. The highest BCUT2D eigenvalue weighted by Gasteiger charge is 2.40. The van der Waals surface area contributed by atoms with Gasteiger partial charge >= 0.3 is 0 Å². The highest BCUT2D eigenvalue weighted by Crippen LogP contribution is 2.45. The molecule has 1 heterocycles. The van der Waals surface area contributed by atoms with E-state index in [4.69, 9.17) is 9.47 Å². The van der Waals surface area contributed by atoms with Crippen molar-refractivity contribution in [3.8, 4) is 11.5 Å². The Balaban J connectivity index is 2.21. The Morgan fingerprint density at radius 1 is 1.19 bits per heavy atom. The molecular formula is C22H24N2O5S2. The predicted octanol–water partition coefficient (Wildman–Crippen LogP) is 4.13. The molecular weight excluding hydrogens is 436 g/mol. The molecule has 0 saturated carbocycles. The van der Waals surface area contributed by atoms with Crippen LogP contribution in [0.5, 0.6) is 11.5 Å². The summed E-state index contributed by atoms with van der Waals surface area (Å²) < 4.78 is 38.9. The molecule has 2 aromatic carbocycles. The lowest BCUT2D eigenvalue weighted by molar-refractivity contribution is -0.112. The van der Waals surface area contributed by atoms with Gasteiger partial charge in [0.2, 0.25) is 0 Å². The van der Waals surface area contributed by atoms with Gasteiger partial charge in [-0.1, -0.05) is 18.2 Å². The number of para-hydroxylation sites is 1. The van der Waals surface area contributed by atoms with E-state index in [2.05, 4.69) is 11.9 Å². The van der Waals surface area contributed by atoms with Gasteiger partial charge < -0.3 is 14.8 Å². The number of hydrogen-bond donors (Lipinski definition) is 1. The van der Waals surface area contributed by atoms with Gasteiger partial charge in [-0.05, 0) is 37.0 Å². The first-order chi connectivity index (χ1) is 14.8. The molecule has 0 atom stereocenters. The number of nitrogens with one attached hydrogen (secondary N) is 1. The number of allylic oxidation sites excluding steroid dienone is 1. The number of thioether (sulfide) groups is 1. The molecule has 164 valence electrons. The molecule has 0 bridgehead atoms.